The Morgan fingerprint density at radius 1 is 0.983 bits per heavy atom. The molecule has 8 rings (SSSR count). The van der Waals surface area contributed by atoms with Gasteiger partial charge in [0.25, 0.3) is 0 Å². The van der Waals surface area contributed by atoms with Gasteiger partial charge in [-0.25, -0.2) is 13.4 Å². The monoisotopic (exact) mass is 837 g/mol. The van der Waals surface area contributed by atoms with E-state index >= 15 is 0 Å². The van der Waals surface area contributed by atoms with Crippen LogP contribution in [0.5, 0.6) is 11.5 Å². The minimum Gasteiger partial charge on any atom is -0.496 e. The molecule has 0 spiro atoms. The predicted octanol–water partition coefficient (Wildman–Crippen LogP) is 7.35. The van der Waals surface area contributed by atoms with Gasteiger partial charge in [-0.05, 0) is 69.3 Å². The van der Waals surface area contributed by atoms with Crippen molar-refractivity contribution in [2.75, 3.05) is 20.3 Å². The van der Waals surface area contributed by atoms with Gasteiger partial charge in [0.2, 0.25) is 21.8 Å². The summed E-state index contributed by atoms with van der Waals surface area (Å²) in [6.07, 6.45) is 13.6. The second-order valence-corrected chi connectivity index (χ2v) is 19.4. The third-order valence-electron chi connectivity index (χ3n) is 12.9. The number of aromatic nitrogens is 1. The zero-order valence-electron chi connectivity index (χ0n) is 34.5. The molecule has 13 heteroatoms. The van der Waals surface area contributed by atoms with Crippen LogP contribution in [0.1, 0.15) is 96.0 Å². The standard InChI is InChI=1S/C47H55N3O9S/c1-30-13-11-12-16-32-21-37-39(25-42(32)57-2)48-38(31-14-8-6-9-15-31)24-43(37)59-35-23-40-41(51)27-47(46(54)49-60(55,56)36-19-20-36)26-34(47)18-10-5-3-4-7-17-33(22-44(52)58-29-30)45(53)50(40)28-35/h6,8-10,12,14-16,18,21,24-25,30,33-36,40H,3-5,7,11,13,17,19-20,22-23,26-29H2,1-2H3,(H,49,54)/b16-12+,18-10-/t30-,33+,34-,35+,40-,47+/m0/s1. The van der Waals surface area contributed by atoms with Crippen molar-refractivity contribution in [1.82, 2.24) is 14.6 Å². The highest BCUT2D eigenvalue weighted by molar-refractivity contribution is 7.90. The van der Waals surface area contributed by atoms with E-state index in [4.69, 9.17) is 19.2 Å². The Morgan fingerprint density at radius 3 is 2.58 bits per heavy atom. The van der Waals surface area contributed by atoms with E-state index < -0.39 is 50.6 Å². The van der Waals surface area contributed by atoms with Crippen LogP contribution in [-0.2, 0) is 33.9 Å². The van der Waals surface area contributed by atoms with Gasteiger partial charge >= 0.3 is 5.97 Å². The number of nitrogens with one attached hydrogen (secondary N) is 1. The summed E-state index contributed by atoms with van der Waals surface area (Å²) in [5.41, 5.74) is 1.79. The van der Waals surface area contributed by atoms with Gasteiger partial charge in [0.05, 0.1) is 54.6 Å². The molecule has 2 saturated carbocycles. The maximum atomic E-state index is 14.8. The molecule has 2 aromatic carbocycles. The van der Waals surface area contributed by atoms with Crippen molar-refractivity contribution in [3.8, 4) is 22.8 Å². The number of ketones is 1. The largest absolute Gasteiger partial charge is 0.496 e. The minimum atomic E-state index is -3.86. The van der Waals surface area contributed by atoms with Crippen LogP contribution in [0.15, 0.2) is 66.8 Å². The Bertz CT molecular complexity index is 2310. The summed E-state index contributed by atoms with van der Waals surface area (Å²) in [7, 11) is -2.24. The van der Waals surface area contributed by atoms with Crippen LogP contribution in [-0.4, -0.2) is 79.5 Å². The van der Waals surface area contributed by atoms with Crippen LogP contribution in [0, 0.1) is 23.2 Å². The predicted molar refractivity (Wildman–Crippen MR) is 227 cm³/mol. The van der Waals surface area contributed by atoms with E-state index in [1.165, 1.54) is 0 Å². The first-order valence-corrected chi connectivity index (χ1v) is 23.1. The number of cyclic esters (lactones) is 1. The highest BCUT2D eigenvalue weighted by atomic mass is 32.2. The Morgan fingerprint density at radius 2 is 1.80 bits per heavy atom. The van der Waals surface area contributed by atoms with Gasteiger partial charge in [0.15, 0.2) is 5.78 Å². The van der Waals surface area contributed by atoms with Gasteiger partial charge in [-0.1, -0.05) is 74.4 Å². The van der Waals surface area contributed by atoms with Crippen molar-refractivity contribution in [2.24, 2.45) is 23.2 Å². The van der Waals surface area contributed by atoms with Crippen molar-refractivity contribution in [3.05, 3.63) is 72.3 Å². The van der Waals surface area contributed by atoms with Gasteiger partial charge in [-0.2, -0.15) is 0 Å². The summed E-state index contributed by atoms with van der Waals surface area (Å²) in [6, 6.07) is 14.6. The number of nitrogens with zero attached hydrogens (tertiary/aromatic N) is 2. The number of carbonyl (C=O) groups is 4. The average Bonchev–Trinajstić information content (AvgIpc) is 4.17. The Balaban J connectivity index is 1.19. The average molecular weight is 838 g/mol. The number of sulfonamides is 1. The molecule has 1 N–H and O–H groups in total. The molecule has 3 aliphatic heterocycles. The summed E-state index contributed by atoms with van der Waals surface area (Å²) in [6.45, 7) is 2.33. The molecule has 0 radical (unpaired) electrons. The Kier molecular flexibility index (Phi) is 12.2. The second kappa shape index (κ2) is 17.5. The van der Waals surface area contributed by atoms with Crippen LogP contribution in [0.25, 0.3) is 28.2 Å². The van der Waals surface area contributed by atoms with E-state index in [0.717, 1.165) is 48.6 Å². The first-order valence-electron chi connectivity index (χ1n) is 21.6. The number of rotatable bonds is 5. The number of benzene rings is 2. The fourth-order valence-electron chi connectivity index (χ4n) is 9.07. The zero-order chi connectivity index (χ0) is 42.0. The second-order valence-electron chi connectivity index (χ2n) is 17.5. The van der Waals surface area contributed by atoms with E-state index in [1.54, 1.807) is 12.0 Å². The number of carbonyl (C=O) groups excluding carboxylic acids is 4. The summed E-state index contributed by atoms with van der Waals surface area (Å²) in [4.78, 5) is 63.5. The number of amides is 2. The van der Waals surface area contributed by atoms with Crippen LogP contribution < -0.4 is 14.2 Å². The maximum absolute atomic E-state index is 14.8. The SMILES string of the molecule is COc1cc2nc(-c3ccccc3)cc3c2cc1/C=C/CC[C@H](C)COC(=O)C[C@H]1CCCCC/C=C\[C@H]2C[C@@]2(C(=O)NS(=O)(=O)C2CC2)CC(=O)[C@@H]2C[C@H](CN2C1=O)O3. The molecule has 60 heavy (non-hydrogen) atoms. The number of allylic oxidation sites excluding steroid dienone is 3. The Hall–Kier alpha value is -5.04. The smallest absolute Gasteiger partial charge is 0.306 e. The molecule has 12 nitrogen and oxygen atoms in total. The molecule has 2 amide bonds. The number of hydrogen-bond donors (Lipinski definition) is 1. The number of Topliss-reactive ketones (excluding diaryl/α,β-unsaturated/α-hetero) is 1. The summed E-state index contributed by atoms with van der Waals surface area (Å²) in [5, 5.41) is 0.138. The summed E-state index contributed by atoms with van der Waals surface area (Å²) < 4.78 is 46.8. The van der Waals surface area contributed by atoms with E-state index in [-0.39, 0.29) is 55.9 Å². The van der Waals surface area contributed by atoms with Crippen LogP contribution in [0.2, 0.25) is 0 Å². The maximum Gasteiger partial charge on any atom is 0.306 e. The molecule has 2 aliphatic carbocycles. The van der Waals surface area contributed by atoms with Crippen molar-refractivity contribution < 1.29 is 41.8 Å². The number of fused-ring (bicyclic) bond motifs is 4. The fraction of sp³-hybridized carbons (Fsp3) is 0.511. The lowest BCUT2D eigenvalue weighted by Gasteiger charge is -2.29. The summed E-state index contributed by atoms with van der Waals surface area (Å²) in [5.74, 6) is -1.55. The normalized spacial score (nSPS) is 29.1. The molecular formula is C47H55N3O9S. The number of hydrogen-bond acceptors (Lipinski definition) is 10. The van der Waals surface area contributed by atoms with Crippen molar-refractivity contribution in [3.63, 3.8) is 0 Å². The lowest BCUT2D eigenvalue weighted by atomic mass is 9.90. The van der Waals surface area contributed by atoms with Gasteiger partial charge in [0.1, 0.15) is 17.6 Å². The first kappa shape index (κ1) is 41.7. The quantitative estimate of drug-likeness (QED) is 0.204. The third-order valence-corrected chi connectivity index (χ3v) is 14.7. The highest BCUT2D eigenvalue weighted by Gasteiger charge is 2.61. The van der Waals surface area contributed by atoms with Crippen molar-refractivity contribution in [2.45, 2.75) is 108 Å². The molecular weight excluding hydrogens is 783 g/mol. The van der Waals surface area contributed by atoms with Gasteiger partial charge in [-0.3, -0.25) is 23.9 Å². The van der Waals surface area contributed by atoms with E-state index in [2.05, 4.69) is 10.8 Å². The number of pyridine rings is 1. The van der Waals surface area contributed by atoms with Crippen molar-refractivity contribution >= 4 is 50.6 Å². The van der Waals surface area contributed by atoms with E-state index in [1.807, 2.05) is 73.7 Å². The van der Waals surface area contributed by atoms with E-state index in [0.29, 0.717) is 54.8 Å². The number of ether oxygens (including phenoxy) is 3. The van der Waals surface area contributed by atoms with Crippen LogP contribution in [0.4, 0.5) is 0 Å². The Labute approximate surface area is 352 Å². The molecule has 6 atom stereocenters. The molecule has 3 aromatic rings. The van der Waals surface area contributed by atoms with Crippen LogP contribution in [0.3, 0.4) is 0 Å². The van der Waals surface area contributed by atoms with Gasteiger partial charge in [-0.15, -0.1) is 0 Å². The van der Waals surface area contributed by atoms with Gasteiger partial charge in [0, 0.05) is 47.4 Å². The lowest BCUT2D eigenvalue weighted by Crippen LogP contribution is -2.46. The van der Waals surface area contributed by atoms with Crippen molar-refractivity contribution in [1.29, 1.82) is 0 Å². The first-order chi connectivity index (χ1) is 28.9. The number of methoxy groups -OCH3 is 1. The number of esters is 1. The van der Waals surface area contributed by atoms with Crippen LogP contribution >= 0.6 is 0 Å². The van der Waals surface area contributed by atoms with E-state index in [9.17, 15) is 27.6 Å². The van der Waals surface area contributed by atoms with Gasteiger partial charge < -0.3 is 19.1 Å². The molecule has 318 valence electrons. The molecule has 0 unspecified atom stereocenters. The molecule has 3 fully saturated rings. The fourth-order valence-corrected chi connectivity index (χ4v) is 10.5. The molecule has 1 saturated heterocycles. The lowest BCUT2D eigenvalue weighted by molar-refractivity contribution is -0.151. The minimum absolute atomic E-state index is 0.0732. The molecule has 4 heterocycles. The third kappa shape index (κ3) is 9.16. The topological polar surface area (TPSA) is 158 Å². The zero-order valence-corrected chi connectivity index (χ0v) is 35.3. The summed E-state index contributed by atoms with van der Waals surface area (Å²) >= 11 is 0. The molecule has 1 aromatic heterocycles. The highest BCUT2D eigenvalue weighted by Crippen LogP contribution is 2.57. The molecule has 5 bridgehead atoms. The molecule has 5 aliphatic rings.